The summed E-state index contributed by atoms with van der Waals surface area (Å²) < 4.78 is 7.11. The van der Waals surface area contributed by atoms with E-state index < -0.39 is 0 Å². The molecule has 0 aliphatic carbocycles. The predicted molar refractivity (Wildman–Crippen MR) is 91.6 cm³/mol. The van der Waals surface area contributed by atoms with Gasteiger partial charge < -0.3 is 4.74 Å². The van der Waals surface area contributed by atoms with E-state index in [1.54, 1.807) is 35.2 Å². The Bertz CT molecular complexity index is 890. The second-order valence-corrected chi connectivity index (χ2v) is 5.43. The van der Waals surface area contributed by atoms with Gasteiger partial charge in [0.05, 0.1) is 5.56 Å². The summed E-state index contributed by atoms with van der Waals surface area (Å²) in [6.45, 7) is 2.19. The summed E-state index contributed by atoms with van der Waals surface area (Å²) in [5.41, 5.74) is 2.59. The molecule has 0 N–H and O–H groups in total. The minimum atomic E-state index is -0.351. The van der Waals surface area contributed by atoms with E-state index in [9.17, 15) is 4.79 Å². The third kappa shape index (κ3) is 3.44. The molecule has 0 bridgehead atoms. The number of halogens is 1. The number of imidazole rings is 1. The van der Waals surface area contributed by atoms with Gasteiger partial charge in [-0.3, -0.25) is 4.57 Å². The molecule has 0 aliphatic rings. The van der Waals surface area contributed by atoms with Crippen LogP contribution in [0.2, 0.25) is 5.15 Å². The monoisotopic (exact) mass is 342 g/mol. The lowest BCUT2D eigenvalue weighted by Gasteiger charge is -2.08. The van der Waals surface area contributed by atoms with Gasteiger partial charge in [0, 0.05) is 6.20 Å². The molecular weight excluding hydrogens is 328 g/mol. The first kappa shape index (κ1) is 16.1. The first-order valence-corrected chi connectivity index (χ1v) is 7.81. The SMILES string of the molecule is CCC(=Cn1cnc2c(Cl)ncnc21)COC(=O)c1ccccc1. The maximum atomic E-state index is 12.0. The van der Waals surface area contributed by atoms with Crippen LogP contribution in [0.25, 0.3) is 17.4 Å². The highest BCUT2D eigenvalue weighted by atomic mass is 35.5. The van der Waals surface area contributed by atoms with Gasteiger partial charge in [-0.15, -0.1) is 0 Å². The van der Waals surface area contributed by atoms with Gasteiger partial charge >= 0.3 is 5.97 Å². The number of benzene rings is 1. The van der Waals surface area contributed by atoms with Gasteiger partial charge in [-0.25, -0.2) is 19.7 Å². The van der Waals surface area contributed by atoms with Crippen molar-refractivity contribution in [2.45, 2.75) is 13.3 Å². The van der Waals surface area contributed by atoms with E-state index in [1.165, 1.54) is 6.33 Å². The number of ether oxygens (including phenoxy) is 1. The molecule has 3 aromatic rings. The van der Waals surface area contributed by atoms with Crippen LogP contribution >= 0.6 is 11.6 Å². The van der Waals surface area contributed by atoms with Crippen LogP contribution in [0.4, 0.5) is 0 Å². The van der Waals surface area contributed by atoms with Crippen molar-refractivity contribution >= 4 is 34.9 Å². The minimum Gasteiger partial charge on any atom is -0.458 e. The fraction of sp³-hybridized carbons (Fsp3) is 0.176. The predicted octanol–water partition coefficient (Wildman–Crippen LogP) is 3.59. The maximum absolute atomic E-state index is 12.0. The average molecular weight is 343 g/mol. The van der Waals surface area contributed by atoms with Gasteiger partial charge in [-0.2, -0.15) is 0 Å². The van der Waals surface area contributed by atoms with Crippen LogP contribution < -0.4 is 0 Å². The Morgan fingerprint density at radius 2 is 2.04 bits per heavy atom. The first-order chi connectivity index (χ1) is 11.7. The molecule has 3 rings (SSSR count). The molecule has 24 heavy (non-hydrogen) atoms. The minimum absolute atomic E-state index is 0.197. The maximum Gasteiger partial charge on any atom is 0.338 e. The molecule has 6 nitrogen and oxygen atoms in total. The quantitative estimate of drug-likeness (QED) is 0.523. The number of hydrogen-bond acceptors (Lipinski definition) is 5. The standard InChI is InChI=1S/C17H15ClN4O2/c1-2-12(9-24-17(23)13-6-4-3-5-7-13)8-22-11-21-14-15(18)19-10-20-16(14)22/h3-8,10-11H,2,9H2,1H3. The van der Waals surface area contributed by atoms with E-state index in [-0.39, 0.29) is 12.6 Å². The van der Waals surface area contributed by atoms with Crippen LogP contribution in [-0.2, 0) is 4.74 Å². The van der Waals surface area contributed by atoms with Crippen LogP contribution in [0.3, 0.4) is 0 Å². The van der Waals surface area contributed by atoms with Crippen LogP contribution in [0.15, 0.2) is 48.6 Å². The van der Waals surface area contributed by atoms with Gasteiger partial charge in [0.15, 0.2) is 10.8 Å². The van der Waals surface area contributed by atoms with Gasteiger partial charge in [0.2, 0.25) is 0 Å². The molecule has 2 aromatic heterocycles. The number of rotatable bonds is 5. The number of carbonyl (C=O) groups excluding carboxylic acids is 1. The molecule has 2 heterocycles. The molecule has 0 spiro atoms. The normalized spacial score (nSPS) is 11.7. The summed E-state index contributed by atoms with van der Waals surface area (Å²) >= 11 is 5.99. The van der Waals surface area contributed by atoms with Crippen molar-refractivity contribution in [1.29, 1.82) is 0 Å². The molecule has 0 amide bonds. The van der Waals surface area contributed by atoms with Crippen molar-refractivity contribution in [2.24, 2.45) is 0 Å². The van der Waals surface area contributed by atoms with Crippen molar-refractivity contribution in [2.75, 3.05) is 6.61 Å². The van der Waals surface area contributed by atoms with Gasteiger partial charge in [-0.05, 0) is 24.1 Å². The van der Waals surface area contributed by atoms with Crippen LogP contribution in [0, 0.1) is 0 Å². The highest BCUT2D eigenvalue weighted by molar-refractivity contribution is 6.33. The number of nitrogens with zero attached hydrogens (tertiary/aromatic N) is 4. The number of hydrogen-bond donors (Lipinski definition) is 0. The summed E-state index contributed by atoms with van der Waals surface area (Å²) in [5, 5.41) is 0.306. The molecule has 7 heteroatoms. The Balaban J connectivity index is 1.77. The highest BCUT2D eigenvalue weighted by Gasteiger charge is 2.09. The van der Waals surface area contributed by atoms with Crippen molar-refractivity contribution < 1.29 is 9.53 Å². The van der Waals surface area contributed by atoms with E-state index in [0.29, 0.717) is 21.9 Å². The zero-order valence-corrected chi connectivity index (χ0v) is 13.8. The Hall–Kier alpha value is -2.73. The molecule has 0 atom stereocenters. The highest BCUT2D eigenvalue weighted by Crippen LogP contribution is 2.18. The summed E-state index contributed by atoms with van der Waals surface area (Å²) in [6.07, 6.45) is 5.56. The van der Waals surface area contributed by atoms with Crippen molar-refractivity contribution in [1.82, 2.24) is 19.5 Å². The second-order valence-electron chi connectivity index (χ2n) is 5.07. The van der Waals surface area contributed by atoms with Crippen molar-refractivity contribution in [3.63, 3.8) is 0 Å². The fourth-order valence-corrected chi connectivity index (χ4v) is 2.34. The third-order valence-electron chi connectivity index (χ3n) is 3.49. The van der Waals surface area contributed by atoms with Crippen molar-refractivity contribution in [3.05, 3.63) is 59.3 Å². The largest absolute Gasteiger partial charge is 0.458 e. The lowest BCUT2D eigenvalue weighted by Crippen LogP contribution is -2.08. The lowest BCUT2D eigenvalue weighted by atomic mass is 10.2. The number of carbonyl (C=O) groups is 1. The molecule has 0 fully saturated rings. The molecule has 1 aromatic carbocycles. The van der Waals surface area contributed by atoms with Crippen LogP contribution in [0.5, 0.6) is 0 Å². The summed E-state index contributed by atoms with van der Waals surface area (Å²) in [5.74, 6) is -0.351. The smallest absolute Gasteiger partial charge is 0.338 e. The van der Waals surface area contributed by atoms with Crippen LogP contribution in [-0.4, -0.2) is 32.1 Å². The fourth-order valence-electron chi connectivity index (χ4n) is 2.16. The van der Waals surface area contributed by atoms with Gasteiger partial charge in [0.25, 0.3) is 0 Å². The Labute approximate surface area is 143 Å². The van der Waals surface area contributed by atoms with E-state index >= 15 is 0 Å². The number of fused-ring (bicyclic) bond motifs is 1. The summed E-state index contributed by atoms with van der Waals surface area (Å²) in [6, 6.07) is 8.90. The molecule has 0 saturated heterocycles. The van der Waals surface area contributed by atoms with Crippen LogP contribution in [0.1, 0.15) is 23.7 Å². The summed E-state index contributed by atoms with van der Waals surface area (Å²) in [7, 11) is 0. The molecule has 122 valence electrons. The molecule has 0 saturated carbocycles. The zero-order chi connectivity index (χ0) is 16.9. The van der Waals surface area contributed by atoms with E-state index in [1.807, 2.05) is 19.2 Å². The van der Waals surface area contributed by atoms with E-state index in [0.717, 1.165) is 12.0 Å². The van der Waals surface area contributed by atoms with E-state index in [2.05, 4.69) is 15.0 Å². The zero-order valence-electron chi connectivity index (χ0n) is 13.0. The first-order valence-electron chi connectivity index (χ1n) is 7.43. The van der Waals surface area contributed by atoms with E-state index in [4.69, 9.17) is 16.3 Å². The van der Waals surface area contributed by atoms with Gasteiger partial charge in [-0.1, -0.05) is 36.7 Å². The Morgan fingerprint density at radius 1 is 1.25 bits per heavy atom. The van der Waals surface area contributed by atoms with Gasteiger partial charge in [0.1, 0.15) is 24.8 Å². The third-order valence-corrected chi connectivity index (χ3v) is 3.76. The number of esters is 1. The summed E-state index contributed by atoms with van der Waals surface area (Å²) in [4.78, 5) is 24.3. The Kier molecular flexibility index (Phi) is 4.86. The molecule has 0 unspecified atom stereocenters. The Morgan fingerprint density at radius 3 is 2.79 bits per heavy atom. The molecular formula is C17H15ClN4O2. The molecule has 0 aliphatic heterocycles. The van der Waals surface area contributed by atoms with Crippen molar-refractivity contribution in [3.8, 4) is 0 Å². The number of aromatic nitrogens is 4. The topological polar surface area (TPSA) is 69.9 Å². The lowest BCUT2D eigenvalue weighted by molar-refractivity contribution is 0.0538. The molecule has 0 radical (unpaired) electrons. The average Bonchev–Trinajstić information content (AvgIpc) is 3.03. The second kappa shape index (κ2) is 7.23.